The molecular weight excluding hydrogens is 374 g/mol. The van der Waals surface area contributed by atoms with Crippen LogP contribution in [0.3, 0.4) is 0 Å². The van der Waals surface area contributed by atoms with Crippen molar-refractivity contribution in [3.8, 4) is 0 Å². The molecule has 2 heterocycles. The number of likely N-dealkylation sites (tertiary alicyclic amines) is 1. The van der Waals surface area contributed by atoms with Gasteiger partial charge < -0.3 is 16.0 Å². The second-order valence-electron chi connectivity index (χ2n) is 7.94. The predicted molar refractivity (Wildman–Crippen MR) is 114 cm³/mol. The van der Waals surface area contributed by atoms with Crippen molar-refractivity contribution >= 4 is 34.1 Å². The maximum absolute atomic E-state index is 12.9. The van der Waals surface area contributed by atoms with Gasteiger partial charge in [0.1, 0.15) is 5.00 Å². The highest BCUT2D eigenvalue weighted by Crippen LogP contribution is 2.34. The van der Waals surface area contributed by atoms with Crippen LogP contribution in [0, 0.1) is 18.8 Å². The van der Waals surface area contributed by atoms with Crippen LogP contribution in [0.1, 0.15) is 73.7 Å². The first-order valence-corrected chi connectivity index (χ1v) is 11.1. The zero-order valence-corrected chi connectivity index (χ0v) is 18.3. The van der Waals surface area contributed by atoms with Crippen LogP contribution in [0.4, 0.5) is 5.00 Å². The van der Waals surface area contributed by atoms with E-state index in [4.69, 9.17) is 5.73 Å². The van der Waals surface area contributed by atoms with Crippen molar-refractivity contribution in [1.29, 1.82) is 0 Å². The van der Waals surface area contributed by atoms with Crippen molar-refractivity contribution in [3.05, 3.63) is 16.0 Å². The van der Waals surface area contributed by atoms with Crippen LogP contribution in [0.25, 0.3) is 0 Å². The van der Waals surface area contributed by atoms with Gasteiger partial charge in [0.15, 0.2) is 0 Å². The highest BCUT2D eigenvalue weighted by Gasteiger charge is 2.30. The molecule has 28 heavy (non-hydrogen) atoms. The van der Waals surface area contributed by atoms with Crippen LogP contribution in [0.15, 0.2) is 0 Å². The quantitative estimate of drug-likeness (QED) is 0.643. The topological polar surface area (TPSA) is 92.5 Å². The van der Waals surface area contributed by atoms with E-state index >= 15 is 0 Å². The Bertz CT molecular complexity index is 727. The van der Waals surface area contributed by atoms with Gasteiger partial charge >= 0.3 is 0 Å². The number of amides is 3. The molecule has 1 aromatic heterocycles. The van der Waals surface area contributed by atoms with Crippen molar-refractivity contribution in [2.75, 3.05) is 18.4 Å². The number of hydrogen-bond acceptors (Lipinski definition) is 4. The summed E-state index contributed by atoms with van der Waals surface area (Å²) < 4.78 is 0. The molecule has 1 fully saturated rings. The fourth-order valence-electron chi connectivity index (χ4n) is 3.69. The van der Waals surface area contributed by atoms with Crippen LogP contribution in [0.2, 0.25) is 0 Å². The van der Waals surface area contributed by atoms with Gasteiger partial charge in [0.05, 0.1) is 11.5 Å². The van der Waals surface area contributed by atoms with Crippen LogP contribution in [-0.4, -0.2) is 35.7 Å². The molecule has 0 aliphatic carbocycles. The third kappa shape index (κ3) is 5.34. The molecule has 0 radical (unpaired) electrons. The van der Waals surface area contributed by atoms with Crippen LogP contribution >= 0.6 is 11.3 Å². The number of nitrogens with one attached hydrogen (secondary N) is 1. The number of rotatable bonds is 8. The molecule has 3 N–H and O–H groups in total. The van der Waals surface area contributed by atoms with Gasteiger partial charge in [-0.1, -0.05) is 33.6 Å². The Hall–Kier alpha value is -1.89. The van der Waals surface area contributed by atoms with E-state index in [9.17, 15) is 14.4 Å². The molecule has 0 saturated carbocycles. The molecule has 1 aliphatic rings. The zero-order chi connectivity index (χ0) is 20.8. The van der Waals surface area contributed by atoms with Gasteiger partial charge in [-0.05, 0) is 38.2 Å². The van der Waals surface area contributed by atoms with Gasteiger partial charge in [0, 0.05) is 23.9 Å². The summed E-state index contributed by atoms with van der Waals surface area (Å²) in [5.41, 5.74) is 6.90. The molecule has 0 bridgehead atoms. The average molecular weight is 408 g/mol. The van der Waals surface area contributed by atoms with E-state index in [-0.39, 0.29) is 23.7 Å². The molecule has 1 atom stereocenters. The second-order valence-corrected chi connectivity index (χ2v) is 9.05. The fraction of sp³-hybridized carbons (Fsp3) is 0.667. The van der Waals surface area contributed by atoms with Gasteiger partial charge in [0.2, 0.25) is 11.8 Å². The lowest BCUT2D eigenvalue weighted by Crippen LogP contribution is -2.45. The van der Waals surface area contributed by atoms with Crippen molar-refractivity contribution in [2.24, 2.45) is 17.6 Å². The van der Waals surface area contributed by atoms with E-state index in [0.29, 0.717) is 23.7 Å². The van der Waals surface area contributed by atoms with Crippen LogP contribution in [0.5, 0.6) is 0 Å². The van der Waals surface area contributed by atoms with Gasteiger partial charge in [-0.2, -0.15) is 0 Å². The van der Waals surface area contributed by atoms with Gasteiger partial charge in [-0.3, -0.25) is 14.4 Å². The number of carbonyl (C=O) groups is 3. The van der Waals surface area contributed by atoms with Crippen LogP contribution in [-0.2, 0) is 16.0 Å². The predicted octanol–water partition coefficient (Wildman–Crippen LogP) is 3.72. The maximum Gasteiger partial charge on any atom is 0.251 e. The highest BCUT2D eigenvalue weighted by molar-refractivity contribution is 7.17. The summed E-state index contributed by atoms with van der Waals surface area (Å²) in [7, 11) is 0. The zero-order valence-electron chi connectivity index (χ0n) is 17.5. The van der Waals surface area contributed by atoms with Crippen LogP contribution < -0.4 is 11.1 Å². The molecule has 0 unspecified atom stereocenters. The SMILES string of the molecule is CCCCCc1sc(NC(=O)[C@H]2CCCN(C(=O)C(C)C)C2)c(C(N)=O)c1C. The van der Waals surface area contributed by atoms with Crippen molar-refractivity contribution in [2.45, 2.75) is 66.2 Å². The minimum absolute atomic E-state index is 0.0751. The number of unbranched alkanes of at least 4 members (excludes halogenated alkanes) is 2. The Morgan fingerprint density at radius 1 is 1.29 bits per heavy atom. The minimum atomic E-state index is -0.508. The third-order valence-electron chi connectivity index (χ3n) is 5.33. The molecule has 1 aromatic rings. The molecule has 2 rings (SSSR count). The number of nitrogens with two attached hydrogens (primary N) is 1. The lowest BCUT2D eigenvalue weighted by Gasteiger charge is -2.33. The van der Waals surface area contributed by atoms with Crippen molar-refractivity contribution < 1.29 is 14.4 Å². The summed E-state index contributed by atoms with van der Waals surface area (Å²) in [4.78, 5) is 40.0. The molecule has 1 saturated heterocycles. The smallest absolute Gasteiger partial charge is 0.251 e. The molecule has 7 heteroatoms. The minimum Gasteiger partial charge on any atom is -0.365 e. The first kappa shape index (κ1) is 22.4. The average Bonchev–Trinajstić information content (AvgIpc) is 2.96. The Kier molecular flexibility index (Phi) is 8.04. The summed E-state index contributed by atoms with van der Waals surface area (Å²) >= 11 is 1.46. The van der Waals surface area contributed by atoms with E-state index in [1.807, 2.05) is 20.8 Å². The van der Waals surface area contributed by atoms with E-state index in [1.165, 1.54) is 11.3 Å². The molecular formula is C21H33N3O3S. The molecule has 0 spiro atoms. The number of primary amides is 1. The summed E-state index contributed by atoms with van der Waals surface area (Å²) in [6, 6.07) is 0. The normalized spacial score (nSPS) is 17.0. The highest BCUT2D eigenvalue weighted by atomic mass is 32.1. The number of anilines is 1. The first-order valence-electron chi connectivity index (χ1n) is 10.3. The Labute approximate surface area is 171 Å². The molecule has 156 valence electrons. The Morgan fingerprint density at radius 3 is 2.61 bits per heavy atom. The van der Waals surface area contributed by atoms with Gasteiger partial charge in [-0.15, -0.1) is 11.3 Å². The largest absolute Gasteiger partial charge is 0.365 e. The Balaban J connectivity index is 2.13. The second kappa shape index (κ2) is 10.0. The van der Waals surface area contributed by atoms with E-state index in [0.717, 1.165) is 49.0 Å². The monoisotopic (exact) mass is 407 g/mol. The lowest BCUT2D eigenvalue weighted by atomic mass is 9.96. The fourth-order valence-corrected chi connectivity index (χ4v) is 4.95. The summed E-state index contributed by atoms with van der Waals surface area (Å²) in [5, 5.41) is 3.49. The Morgan fingerprint density at radius 2 is 2.00 bits per heavy atom. The molecule has 1 aliphatic heterocycles. The standard InChI is InChI=1S/C21H33N3O3S/c1-5-6-7-10-16-14(4)17(18(22)25)20(28-16)23-19(26)15-9-8-11-24(12-15)21(27)13(2)3/h13,15H,5-12H2,1-4H3,(H2,22,25)(H,23,26)/t15-/m0/s1. The first-order chi connectivity index (χ1) is 13.3. The molecule has 6 nitrogen and oxygen atoms in total. The van der Waals surface area contributed by atoms with Crippen molar-refractivity contribution in [3.63, 3.8) is 0 Å². The summed E-state index contributed by atoms with van der Waals surface area (Å²) in [6.07, 6.45) is 5.76. The van der Waals surface area contributed by atoms with E-state index in [1.54, 1.807) is 4.90 Å². The number of thiophene rings is 1. The maximum atomic E-state index is 12.9. The number of hydrogen-bond donors (Lipinski definition) is 2. The number of aryl methyl sites for hydroxylation is 1. The summed E-state index contributed by atoms with van der Waals surface area (Å²) in [6.45, 7) is 8.94. The van der Waals surface area contributed by atoms with E-state index < -0.39 is 5.91 Å². The lowest BCUT2D eigenvalue weighted by molar-refractivity contribution is -0.137. The van der Waals surface area contributed by atoms with Gasteiger partial charge in [-0.25, -0.2) is 0 Å². The molecule has 0 aromatic carbocycles. The third-order valence-corrected chi connectivity index (χ3v) is 6.60. The number of carbonyl (C=O) groups excluding carboxylic acids is 3. The number of nitrogens with zero attached hydrogens (tertiary/aromatic N) is 1. The number of piperidine rings is 1. The summed E-state index contributed by atoms with van der Waals surface area (Å²) in [5.74, 6) is -0.895. The van der Waals surface area contributed by atoms with Crippen molar-refractivity contribution in [1.82, 2.24) is 4.90 Å². The molecule has 3 amide bonds. The van der Waals surface area contributed by atoms with E-state index in [2.05, 4.69) is 12.2 Å². The van der Waals surface area contributed by atoms with Gasteiger partial charge in [0.25, 0.3) is 5.91 Å².